The lowest BCUT2D eigenvalue weighted by Crippen LogP contribution is -2.42. The lowest BCUT2D eigenvalue weighted by atomic mass is 9.86. The molecule has 1 aliphatic rings. The highest BCUT2D eigenvalue weighted by molar-refractivity contribution is 5.69. The highest BCUT2D eigenvalue weighted by Crippen LogP contribution is 2.41. The molecule has 6 heteroatoms. The van der Waals surface area contributed by atoms with Crippen molar-refractivity contribution >= 4 is 18.0 Å². The lowest BCUT2D eigenvalue weighted by molar-refractivity contribution is -0.138. The zero-order valence-corrected chi connectivity index (χ0v) is 13.7. The van der Waals surface area contributed by atoms with Crippen LogP contribution in [-0.2, 0) is 14.3 Å². The predicted octanol–water partition coefficient (Wildman–Crippen LogP) is 3.31. The van der Waals surface area contributed by atoms with Gasteiger partial charge in [0.05, 0.1) is 6.61 Å². The average Bonchev–Trinajstić information content (AvgIpc) is 2.56. The van der Waals surface area contributed by atoms with E-state index >= 15 is 0 Å². The first-order valence-corrected chi connectivity index (χ1v) is 8.03. The fourth-order valence-electron chi connectivity index (χ4n) is 2.70. The molecule has 0 atom stereocenters. The van der Waals surface area contributed by atoms with E-state index in [1.807, 2.05) is 31.2 Å². The third kappa shape index (κ3) is 4.28. The van der Waals surface area contributed by atoms with E-state index in [-0.39, 0.29) is 25.7 Å². The summed E-state index contributed by atoms with van der Waals surface area (Å²) in [5.74, 6) is -0.799. The molecule has 0 bridgehead atoms. The molecule has 0 radical (unpaired) electrons. The first kappa shape index (κ1) is 17.8. The summed E-state index contributed by atoms with van der Waals surface area (Å²) in [6, 6.07) is 7.36. The van der Waals surface area contributed by atoms with E-state index in [4.69, 9.17) is 19.7 Å². The van der Waals surface area contributed by atoms with Crippen LogP contribution in [0.3, 0.4) is 0 Å². The SMILES string of the molecule is CCCOC1=Cc2ccccc2OC1(CCC(=O)O)CCC(=O)O. The molecule has 0 saturated carbocycles. The summed E-state index contributed by atoms with van der Waals surface area (Å²) in [4.78, 5) is 22.1. The Kier molecular flexibility index (Phi) is 5.84. The van der Waals surface area contributed by atoms with Crippen LogP contribution in [-0.4, -0.2) is 34.4 Å². The number of carboxylic acid groups (broad SMARTS) is 2. The molecule has 0 amide bonds. The number of rotatable bonds is 9. The van der Waals surface area contributed by atoms with Gasteiger partial charge in [0, 0.05) is 31.2 Å². The van der Waals surface area contributed by atoms with E-state index in [1.165, 1.54) is 0 Å². The fraction of sp³-hybridized carbons (Fsp3) is 0.444. The first-order valence-electron chi connectivity index (χ1n) is 8.03. The fourth-order valence-corrected chi connectivity index (χ4v) is 2.70. The van der Waals surface area contributed by atoms with E-state index in [9.17, 15) is 9.59 Å². The summed E-state index contributed by atoms with van der Waals surface area (Å²) in [5.41, 5.74) is -0.231. The molecule has 1 aliphatic heterocycles. The van der Waals surface area contributed by atoms with E-state index in [1.54, 1.807) is 6.07 Å². The topological polar surface area (TPSA) is 93.1 Å². The van der Waals surface area contributed by atoms with Crippen LogP contribution in [0.25, 0.3) is 6.08 Å². The van der Waals surface area contributed by atoms with Gasteiger partial charge in [0.15, 0.2) is 5.60 Å². The standard InChI is InChI=1S/C18H22O6/c1-2-11-23-15-12-13-5-3-4-6-14(13)24-18(15,9-7-16(19)20)10-8-17(21)22/h3-6,12H,2,7-11H2,1H3,(H,19,20)(H,21,22). The van der Waals surface area contributed by atoms with Gasteiger partial charge in [-0.1, -0.05) is 25.1 Å². The highest BCUT2D eigenvalue weighted by Gasteiger charge is 2.42. The molecule has 6 nitrogen and oxygen atoms in total. The molecule has 2 rings (SSSR count). The Morgan fingerprint density at radius 3 is 2.33 bits per heavy atom. The molecule has 2 N–H and O–H groups in total. The maximum Gasteiger partial charge on any atom is 0.303 e. The van der Waals surface area contributed by atoms with E-state index < -0.39 is 17.5 Å². The number of para-hydroxylation sites is 1. The predicted molar refractivity (Wildman–Crippen MR) is 87.8 cm³/mol. The van der Waals surface area contributed by atoms with Gasteiger partial charge in [-0.05, 0) is 18.6 Å². The molecule has 0 spiro atoms. The smallest absolute Gasteiger partial charge is 0.303 e. The second-order valence-corrected chi connectivity index (χ2v) is 5.78. The Labute approximate surface area is 140 Å². The van der Waals surface area contributed by atoms with Crippen molar-refractivity contribution in [1.82, 2.24) is 0 Å². The monoisotopic (exact) mass is 334 g/mol. The van der Waals surface area contributed by atoms with Gasteiger partial charge in [0.1, 0.15) is 11.5 Å². The molecule has 1 aromatic rings. The van der Waals surface area contributed by atoms with Gasteiger partial charge in [0.2, 0.25) is 0 Å². The molecule has 130 valence electrons. The van der Waals surface area contributed by atoms with Crippen LogP contribution in [0, 0.1) is 0 Å². The summed E-state index contributed by atoms with van der Waals surface area (Å²) in [6.07, 6.45) is 2.66. The molecule has 1 heterocycles. The third-order valence-corrected chi connectivity index (χ3v) is 3.91. The van der Waals surface area contributed by atoms with Gasteiger partial charge >= 0.3 is 11.9 Å². The first-order chi connectivity index (χ1) is 11.5. The van der Waals surface area contributed by atoms with Crippen LogP contribution in [0.2, 0.25) is 0 Å². The molecule has 0 unspecified atom stereocenters. The van der Waals surface area contributed by atoms with Crippen molar-refractivity contribution in [3.8, 4) is 5.75 Å². The lowest BCUT2D eigenvalue weighted by Gasteiger charge is -2.39. The van der Waals surface area contributed by atoms with E-state index in [2.05, 4.69) is 0 Å². The van der Waals surface area contributed by atoms with Gasteiger partial charge in [0.25, 0.3) is 0 Å². The number of aliphatic carboxylic acids is 2. The van der Waals surface area contributed by atoms with E-state index in [0.29, 0.717) is 18.1 Å². The van der Waals surface area contributed by atoms with Crippen LogP contribution in [0.4, 0.5) is 0 Å². The Hall–Kier alpha value is -2.50. The Morgan fingerprint density at radius 2 is 1.75 bits per heavy atom. The summed E-state index contributed by atoms with van der Waals surface area (Å²) in [7, 11) is 0. The maximum atomic E-state index is 11.1. The zero-order valence-electron chi connectivity index (χ0n) is 13.7. The second-order valence-electron chi connectivity index (χ2n) is 5.78. The molecular weight excluding hydrogens is 312 g/mol. The number of benzene rings is 1. The minimum atomic E-state index is -1.07. The van der Waals surface area contributed by atoms with Crippen molar-refractivity contribution in [1.29, 1.82) is 0 Å². The number of fused-ring (bicyclic) bond motifs is 1. The second kappa shape index (κ2) is 7.86. The average molecular weight is 334 g/mol. The Balaban J connectivity index is 2.39. The number of carbonyl (C=O) groups is 2. The van der Waals surface area contributed by atoms with Gasteiger partial charge < -0.3 is 19.7 Å². The molecule has 1 aromatic carbocycles. The van der Waals surface area contributed by atoms with Gasteiger partial charge in [-0.25, -0.2) is 0 Å². The van der Waals surface area contributed by atoms with Crippen molar-refractivity contribution in [2.45, 2.75) is 44.6 Å². The van der Waals surface area contributed by atoms with Gasteiger partial charge in [-0.3, -0.25) is 9.59 Å². The zero-order chi connectivity index (χ0) is 17.6. The van der Waals surface area contributed by atoms with Crippen molar-refractivity contribution in [3.05, 3.63) is 35.6 Å². The quantitative estimate of drug-likeness (QED) is 0.719. The van der Waals surface area contributed by atoms with Crippen LogP contribution in [0.15, 0.2) is 30.0 Å². The van der Waals surface area contributed by atoms with Crippen LogP contribution in [0.5, 0.6) is 5.75 Å². The summed E-state index contributed by atoms with van der Waals surface area (Å²) < 4.78 is 11.9. The minimum Gasteiger partial charge on any atom is -0.494 e. The normalized spacial score (nSPS) is 15.0. The summed E-state index contributed by atoms with van der Waals surface area (Å²) in [5, 5.41) is 18.1. The van der Waals surface area contributed by atoms with Crippen molar-refractivity contribution in [3.63, 3.8) is 0 Å². The molecule has 0 aliphatic carbocycles. The molecular formula is C18H22O6. The summed E-state index contributed by atoms with van der Waals surface area (Å²) in [6.45, 7) is 2.42. The van der Waals surface area contributed by atoms with Crippen LogP contribution in [0.1, 0.15) is 44.6 Å². The van der Waals surface area contributed by atoms with Crippen LogP contribution >= 0.6 is 0 Å². The number of hydrogen-bond donors (Lipinski definition) is 2. The Bertz CT molecular complexity index is 616. The van der Waals surface area contributed by atoms with Gasteiger partial charge in [-0.2, -0.15) is 0 Å². The van der Waals surface area contributed by atoms with Crippen LogP contribution < -0.4 is 4.74 Å². The van der Waals surface area contributed by atoms with E-state index in [0.717, 1.165) is 12.0 Å². The minimum absolute atomic E-state index is 0.130. The Morgan fingerprint density at radius 1 is 1.12 bits per heavy atom. The number of ether oxygens (including phenoxy) is 2. The number of carboxylic acids is 2. The highest BCUT2D eigenvalue weighted by atomic mass is 16.5. The third-order valence-electron chi connectivity index (χ3n) is 3.91. The largest absolute Gasteiger partial charge is 0.494 e. The molecule has 0 aromatic heterocycles. The van der Waals surface area contributed by atoms with Crippen molar-refractivity contribution < 1.29 is 29.3 Å². The maximum absolute atomic E-state index is 11.1. The van der Waals surface area contributed by atoms with Gasteiger partial charge in [-0.15, -0.1) is 0 Å². The molecule has 0 fully saturated rings. The molecule has 24 heavy (non-hydrogen) atoms. The van der Waals surface area contributed by atoms with Crippen molar-refractivity contribution in [2.75, 3.05) is 6.61 Å². The summed E-state index contributed by atoms with van der Waals surface area (Å²) >= 11 is 0. The molecule has 0 saturated heterocycles. The number of hydrogen-bond acceptors (Lipinski definition) is 4. The van der Waals surface area contributed by atoms with Crippen molar-refractivity contribution in [2.24, 2.45) is 0 Å².